The third kappa shape index (κ3) is 6.55. The highest BCUT2D eigenvalue weighted by Gasteiger charge is 2.25. The fourth-order valence-corrected chi connectivity index (χ4v) is 3.71. The van der Waals surface area contributed by atoms with Crippen molar-refractivity contribution in [1.29, 1.82) is 5.26 Å². The second kappa shape index (κ2) is 10.9. The van der Waals surface area contributed by atoms with Crippen molar-refractivity contribution in [3.05, 3.63) is 65.2 Å². The van der Waals surface area contributed by atoms with Gasteiger partial charge in [-0.3, -0.25) is 9.69 Å². The van der Waals surface area contributed by atoms with Crippen LogP contribution in [0.25, 0.3) is 0 Å². The average Bonchev–Trinajstić information content (AvgIpc) is 2.76. The number of hydrogen-bond acceptors (Lipinski definition) is 5. The maximum absolute atomic E-state index is 12.9. The summed E-state index contributed by atoms with van der Waals surface area (Å²) < 4.78 is 11.5. The third-order valence-electron chi connectivity index (χ3n) is 5.31. The molecule has 164 valence electrons. The molecule has 0 radical (unpaired) electrons. The Morgan fingerprint density at radius 1 is 1.26 bits per heavy atom. The Labute approximate surface area is 184 Å². The smallest absolute Gasteiger partial charge is 0.261 e. The Morgan fingerprint density at radius 3 is 2.77 bits per heavy atom. The zero-order chi connectivity index (χ0) is 22.2. The van der Waals surface area contributed by atoms with Gasteiger partial charge in [0.05, 0.1) is 18.3 Å². The van der Waals surface area contributed by atoms with Crippen LogP contribution in [0.4, 0.5) is 0 Å². The molecule has 1 fully saturated rings. The van der Waals surface area contributed by atoms with Crippen molar-refractivity contribution in [2.75, 3.05) is 19.7 Å². The zero-order valence-corrected chi connectivity index (χ0v) is 18.5. The highest BCUT2D eigenvalue weighted by Crippen LogP contribution is 2.21. The quantitative estimate of drug-likeness (QED) is 0.706. The number of ether oxygens (including phenoxy) is 2. The van der Waals surface area contributed by atoms with E-state index < -0.39 is 6.10 Å². The molecule has 2 aromatic carbocycles. The largest absolute Gasteiger partial charge is 0.479 e. The van der Waals surface area contributed by atoms with Gasteiger partial charge in [-0.05, 0) is 36.1 Å². The molecular formula is C25H31N3O3. The lowest BCUT2D eigenvalue weighted by Crippen LogP contribution is -2.41. The number of carbonyl (C=O) groups is 1. The van der Waals surface area contributed by atoms with Gasteiger partial charge < -0.3 is 14.8 Å². The fraction of sp³-hybridized carbons (Fsp3) is 0.440. The van der Waals surface area contributed by atoms with Gasteiger partial charge >= 0.3 is 0 Å². The Balaban J connectivity index is 1.60. The minimum atomic E-state index is -0.674. The summed E-state index contributed by atoms with van der Waals surface area (Å²) in [7, 11) is 0. The van der Waals surface area contributed by atoms with Gasteiger partial charge in [-0.2, -0.15) is 5.26 Å². The number of amides is 1. The SMILES string of the molecule is CC1CN(Cc2cccc(CNC(=O)C(Oc3ccccc3C#N)C(C)C)c2)CCO1. The van der Waals surface area contributed by atoms with E-state index in [2.05, 4.69) is 35.3 Å². The average molecular weight is 422 g/mol. The van der Waals surface area contributed by atoms with Crippen molar-refractivity contribution in [2.45, 2.75) is 46.1 Å². The summed E-state index contributed by atoms with van der Waals surface area (Å²) in [4.78, 5) is 15.2. The zero-order valence-electron chi connectivity index (χ0n) is 18.5. The van der Waals surface area contributed by atoms with E-state index in [4.69, 9.17) is 9.47 Å². The maximum atomic E-state index is 12.9. The molecule has 31 heavy (non-hydrogen) atoms. The highest BCUT2D eigenvalue weighted by molar-refractivity contribution is 5.81. The number of nitrogens with zero attached hydrogens (tertiary/aromatic N) is 2. The van der Waals surface area contributed by atoms with Gasteiger partial charge in [-0.25, -0.2) is 0 Å². The minimum Gasteiger partial charge on any atom is -0.479 e. The van der Waals surface area contributed by atoms with E-state index in [1.54, 1.807) is 24.3 Å². The van der Waals surface area contributed by atoms with Gasteiger partial charge in [0.25, 0.3) is 5.91 Å². The first-order valence-electron chi connectivity index (χ1n) is 10.8. The van der Waals surface area contributed by atoms with Crippen LogP contribution in [0.2, 0.25) is 0 Å². The van der Waals surface area contributed by atoms with Gasteiger partial charge in [0.1, 0.15) is 11.8 Å². The summed E-state index contributed by atoms with van der Waals surface area (Å²) >= 11 is 0. The monoisotopic (exact) mass is 421 g/mol. The van der Waals surface area contributed by atoms with E-state index in [9.17, 15) is 10.1 Å². The van der Waals surface area contributed by atoms with Crippen LogP contribution in [0.15, 0.2) is 48.5 Å². The molecule has 1 amide bonds. The molecule has 2 aromatic rings. The summed E-state index contributed by atoms with van der Waals surface area (Å²) in [6.45, 7) is 9.90. The Bertz CT molecular complexity index is 922. The number of nitrogens with one attached hydrogen (secondary N) is 1. The lowest BCUT2D eigenvalue weighted by molar-refractivity contribution is -0.130. The van der Waals surface area contributed by atoms with Crippen LogP contribution in [0.1, 0.15) is 37.5 Å². The summed E-state index contributed by atoms with van der Waals surface area (Å²) in [6.07, 6.45) is -0.414. The van der Waals surface area contributed by atoms with Crippen LogP contribution in [-0.4, -0.2) is 42.7 Å². The first-order chi connectivity index (χ1) is 15.0. The molecule has 2 unspecified atom stereocenters. The topological polar surface area (TPSA) is 74.6 Å². The van der Waals surface area contributed by atoms with Crippen molar-refractivity contribution in [1.82, 2.24) is 10.2 Å². The number of morpholine rings is 1. The van der Waals surface area contributed by atoms with Crippen LogP contribution in [0.3, 0.4) is 0 Å². The summed E-state index contributed by atoms with van der Waals surface area (Å²) in [5.74, 6) is 0.206. The molecular weight excluding hydrogens is 390 g/mol. The number of rotatable bonds is 8. The van der Waals surface area contributed by atoms with Gasteiger partial charge in [0, 0.05) is 26.2 Å². The van der Waals surface area contributed by atoms with Crippen LogP contribution < -0.4 is 10.1 Å². The molecule has 0 spiro atoms. The molecule has 6 heteroatoms. The molecule has 1 saturated heterocycles. The van der Waals surface area contributed by atoms with E-state index in [0.717, 1.165) is 31.8 Å². The Kier molecular flexibility index (Phi) is 8.05. The van der Waals surface area contributed by atoms with E-state index in [0.29, 0.717) is 17.9 Å². The second-order valence-electron chi connectivity index (χ2n) is 8.34. The molecule has 1 aliphatic heterocycles. The van der Waals surface area contributed by atoms with E-state index in [1.807, 2.05) is 26.0 Å². The van der Waals surface area contributed by atoms with Crippen molar-refractivity contribution < 1.29 is 14.3 Å². The van der Waals surface area contributed by atoms with Crippen LogP contribution >= 0.6 is 0 Å². The molecule has 6 nitrogen and oxygen atoms in total. The Morgan fingerprint density at radius 2 is 2.03 bits per heavy atom. The highest BCUT2D eigenvalue weighted by atomic mass is 16.5. The van der Waals surface area contributed by atoms with Crippen LogP contribution in [-0.2, 0) is 22.6 Å². The van der Waals surface area contributed by atoms with Gasteiger partial charge in [0.15, 0.2) is 6.10 Å². The first kappa shape index (κ1) is 22.8. The first-order valence-corrected chi connectivity index (χ1v) is 10.8. The lowest BCUT2D eigenvalue weighted by atomic mass is 10.1. The van der Waals surface area contributed by atoms with E-state index in [-0.39, 0.29) is 17.9 Å². The minimum absolute atomic E-state index is 0.0404. The summed E-state index contributed by atoms with van der Waals surface area (Å²) in [5, 5.41) is 12.3. The second-order valence-corrected chi connectivity index (χ2v) is 8.34. The normalized spacial score (nSPS) is 17.7. The Hall–Kier alpha value is -2.88. The number of hydrogen-bond donors (Lipinski definition) is 1. The fourth-order valence-electron chi connectivity index (χ4n) is 3.71. The van der Waals surface area contributed by atoms with E-state index in [1.165, 1.54) is 5.56 Å². The number of nitriles is 1. The molecule has 0 aliphatic carbocycles. The molecule has 1 heterocycles. The lowest BCUT2D eigenvalue weighted by Gasteiger charge is -2.31. The molecule has 0 saturated carbocycles. The summed E-state index contributed by atoms with van der Waals surface area (Å²) in [6, 6.07) is 17.4. The third-order valence-corrected chi connectivity index (χ3v) is 5.31. The van der Waals surface area contributed by atoms with Crippen molar-refractivity contribution in [3.63, 3.8) is 0 Å². The van der Waals surface area contributed by atoms with Crippen molar-refractivity contribution in [3.8, 4) is 11.8 Å². The molecule has 0 bridgehead atoms. The van der Waals surface area contributed by atoms with Gasteiger partial charge in [-0.15, -0.1) is 0 Å². The molecule has 1 N–H and O–H groups in total. The number of para-hydroxylation sites is 1. The van der Waals surface area contributed by atoms with Gasteiger partial charge in [-0.1, -0.05) is 50.2 Å². The molecule has 1 aliphatic rings. The molecule has 3 rings (SSSR count). The molecule has 2 atom stereocenters. The number of carbonyl (C=O) groups excluding carboxylic acids is 1. The predicted octanol–water partition coefficient (Wildman–Crippen LogP) is 3.50. The molecule has 0 aromatic heterocycles. The van der Waals surface area contributed by atoms with E-state index >= 15 is 0 Å². The van der Waals surface area contributed by atoms with Crippen molar-refractivity contribution in [2.24, 2.45) is 5.92 Å². The van der Waals surface area contributed by atoms with Gasteiger partial charge in [0.2, 0.25) is 0 Å². The van der Waals surface area contributed by atoms with Crippen LogP contribution in [0.5, 0.6) is 5.75 Å². The standard InChI is InChI=1S/C25H31N3O3/c1-18(2)24(31-23-10-5-4-9-22(23)14-26)25(29)27-15-20-7-6-8-21(13-20)17-28-11-12-30-19(3)16-28/h4-10,13,18-19,24H,11-12,15-17H2,1-3H3,(H,27,29). The summed E-state index contributed by atoms with van der Waals surface area (Å²) in [5.41, 5.74) is 2.69. The maximum Gasteiger partial charge on any atom is 0.261 e. The van der Waals surface area contributed by atoms with Crippen molar-refractivity contribution >= 4 is 5.91 Å². The predicted molar refractivity (Wildman–Crippen MR) is 119 cm³/mol. The number of benzene rings is 2. The van der Waals surface area contributed by atoms with Crippen LogP contribution in [0, 0.1) is 17.2 Å².